The van der Waals surface area contributed by atoms with Gasteiger partial charge in [-0.3, -0.25) is 0 Å². The molecule has 0 N–H and O–H groups in total. The van der Waals surface area contributed by atoms with Gasteiger partial charge in [0, 0.05) is 5.56 Å². The lowest BCUT2D eigenvalue weighted by Gasteiger charge is -2.31. The van der Waals surface area contributed by atoms with Gasteiger partial charge in [-0.05, 0) is 26.0 Å². The number of benzene rings is 1. The van der Waals surface area contributed by atoms with Gasteiger partial charge in [-0.15, -0.1) is 0 Å². The highest BCUT2D eigenvalue weighted by atomic mass is 35.6. The number of anilines is 1. The Hall–Kier alpha value is 0.280. The Labute approximate surface area is 201 Å². The minimum absolute atomic E-state index is 0.0317. The van der Waals surface area contributed by atoms with Crippen LogP contribution < -0.4 is 4.90 Å². The van der Waals surface area contributed by atoms with Crippen LogP contribution in [0, 0.1) is 5.82 Å². The lowest BCUT2D eigenvalue weighted by Crippen LogP contribution is -2.35. The Bertz CT molecular complexity index is 811. The van der Waals surface area contributed by atoms with Crippen LogP contribution in [0.3, 0.4) is 0 Å². The Morgan fingerprint density at radius 3 is 1.71 bits per heavy atom. The summed E-state index contributed by atoms with van der Waals surface area (Å²) in [6.45, 7) is 3.26. The third-order valence-electron chi connectivity index (χ3n) is 3.40. The highest BCUT2D eigenvalue weighted by Crippen LogP contribution is 2.42. The summed E-state index contributed by atoms with van der Waals surface area (Å²) in [6, 6.07) is 4.21. The van der Waals surface area contributed by atoms with Crippen molar-refractivity contribution in [2.75, 3.05) is 4.90 Å². The van der Waals surface area contributed by atoms with Crippen molar-refractivity contribution in [3.63, 3.8) is 0 Å². The zero-order chi connectivity index (χ0) is 21.4. The molecular weight excluding hydrogens is 539 g/mol. The fraction of sp³-hybridized carbons (Fsp3) is 0.400. The highest BCUT2D eigenvalue weighted by Gasteiger charge is 2.35. The van der Waals surface area contributed by atoms with Crippen molar-refractivity contribution < 1.29 is 4.39 Å². The van der Waals surface area contributed by atoms with Crippen LogP contribution in [-0.2, 0) is 7.59 Å². The zero-order valence-electron chi connectivity index (χ0n) is 14.1. The average Bonchev–Trinajstić information content (AvgIpc) is 2.54. The van der Waals surface area contributed by atoms with E-state index in [9.17, 15) is 4.39 Å². The third kappa shape index (κ3) is 5.70. The monoisotopic (exact) mass is 546 g/mol. The molecule has 0 bridgehead atoms. The molecule has 0 amide bonds. The molecule has 0 radical (unpaired) electrons. The van der Waals surface area contributed by atoms with E-state index in [1.807, 2.05) is 0 Å². The van der Waals surface area contributed by atoms with E-state index in [0.717, 1.165) is 0 Å². The molecule has 2 aromatic rings. The molecule has 2 unspecified atom stereocenters. The molecule has 0 spiro atoms. The fourth-order valence-corrected chi connectivity index (χ4v) is 3.44. The molecule has 0 aliphatic carbocycles. The Balaban J connectivity index is 2.83. The molecule has 1 aromatic heterocycles. The van der Waals surface area contributed by atoms with Crippen molar-refractivity contribution in [2.45, 2.75) is 32.4 Å². The lowest BCUT2D eigenvalue weighted by atomic mass is 10.1. The van der Waals surface area contributed by atoms with Crippen molar-refractivity contribution in [1.29, 1.82) is 0 Å². The normalized spacial score (nSPS) is 14.7. The average molecular weight is 550 g/mol. The third-order valence-corrected chi connectivity index (χ3v) is 4.83. The first kappa shape index (κ1) is 24.5. The van der Waals surface area contributed by atoms with Crippen molar-refractivity contribution in [3.8, 4) is 11.4 Å². The van der Waals surface area contributed by atoms with E-state index < -0.39 is 24.4 Å². The second-order valence-corrected chi connectivity index (χ2v) is 11.3. The molecule has 0 saturated carbocycles. The van der Waals surface area contributed by atoms with E-state index in [1.54, 1.807) is 13.8 Å². The van der Waals surface area contributed by atoms with Gasteiger partial charge in [0.25, 0.3) is 0 Å². The van der Waals surface area contributed by atoms with Gasteiger partial charge in [0.2, 0.25) is 7.59 Å². The van der Waals surface area contributed by atoms with Crippen molar-refractivity contribution >= 4 is 98.5 Å². The molecule has 4 nitrogen and oxygen atoms in total. The molecule has 0 fully saturated rings. The maximum absolute atomic E-state index is 14.8. The molecule has 2 rings (SSSR count). The van der Waals surface area contributed by atoms with Crippen molar-refractivity contribution in [1.82, 2.24) is 15.0 Å². The summed E-state index contributed by atoms with van der Waals surface area (Å²) >= 11 is 47.8. The van der Waals surface area contributed by atoms with Gasteiger partial charge in [0.1, 0.15) is 16.8 Å². The molecule has 0 aliphatic rings. The van der Waals surface area contributed by atoms with E-state index in [-0.39, 0.29) is 28.7 Å². The van der Waals surface area contributed by atoms with Crippen molar-refractivity contribution in [2.24, 2.45) is 0 Å². The summed E-state index contributed by atoms with van der Waals surface area (Å²) in [5, 5.41) is 0. The van der Waals surface area contributed by atoms with Crippen LogP contribution in [0.25, 0.3) is 11.4 Å². The second kappa shape index (κ2) is 9.19. The van der Waals surface area contributed by atoms with E-state index in [0.29, 0.717) is 0 Å². The molecule has 28 heavy (non-hydrogen) atoms. The summed E-state index contributed by atoms with van der Waals surface area (Å²) < 4.78 is 10.7. The van der Waals surface area contributed by atoms with Crippen LogP contribution in [-0.4, -0.2) is 26.0 Å². The molecular formula is C15H11Cl8FN4. The van der Waals surface area contributed by atoms with E-state index >= 15 is 0 Å². The van der Waals surface area contributed by atoms with Crippen LogP contribution in [0.2, 0.25) is 0 Å². The Kier molecular flexibility index (Phi) is 8.06. The summed E-state index contributed by atoms with van der Waals surface area (Å²) in [4.78, 5) is 13.5. The highest BCUT2D eigenvalue weighted by molar-refractivity contribution is 6.67. The Morgan fingerprint density at radius 2 is 1.32 bits per heavy atom. The minimum Gasteiger partial charge on any atom is -0.336 e. The van der Waals surface area contributed by atoms with Crippen molar-refractivity contribution in [3.05, 3.63) is 35.7 Å². The van der Waals surface area contributed by atoms with Gasteiger partial charge in [0.15, 0.2) is 17.5 Å². The number of hydrogen-bond acceptors (Lipinski definition) is 4. The first-order chi connectivity index (χ1) is 12.7. The predicted octanol–water partition coefficient (Wildman–Crippen LogP) is 7.31. The van der Waals surface area contributed by atoms with E-state index in [4.69, 9.17) is 92.8 Å². The van der Waals surface area contributed by atoms with Crippen LogP contribution in [0.1, 0.15) is 25.5 Å². The number of aromatic nitrogens is 3. The van der Waals surface area contributed by atoms with E-state index in [2.05, 4.69) is 15.0 Å². The maximum atomic E-state index is 14.8. The van der Waals surface area contributed by atoms with Gasteiger partial charge in [-0.1, -0.05) is 98.9 Å². The molecule has 1 aromatic carbocycles. The lowest BCUT2D eigenvalue weighted by molar-refractivity contribution is 0.613. The molecule has 2 atom stereocenters. The second-order valence-electron chi connectivity index (χ2n) is 5.49. The first-order valence-corrected chi connectivity index (χ1v) is 10.6. The predicted molar refractivity (Wildman–Crippen MR) is 117 cm³/mol. The number of para-hydroxylation sites is 1. The van der Waals surface area contributed by atoms with Gasteiger partial charge in [0.05, 0.1) is 5.69 Å². The molecule has 0 aliphatic heterocycles. The number of rotatable bonds is 4. The number of halogens is 9. The van der Waals surface area contributed by atoms with Crippen LogP contribution in [0.4, 0.5) is 10.1 Å². The Morgan fingerprint density at radius 1 is 0.857 bits per heavy atom. The van der Waals surface area contributed by atoms with Gasteiger partial charge < -0.3 is 4.90 Å². The molecule has 154 valence electrons. The van der Waals surface area contributed by atoms with Crippen LogP contribution in [0.15, 0.2) is 18.2 Å². The summed E-state index contributed by atoms with van der Waals surface area (Å²) in [7, 11) is 0. The largest absolute Gasteiger partial charge is 0.336 e. The number of hydrogen-bond donors (Lipinski definition) is 0. The minimum atomic E-state index is -2.05. The van der Waals surface area contributed by atoms with Gasteiger partial charge in [-0.2, -0.15) is 0 Å². The quantitative estimate of drug-likeness (QED) is 0.296. The summed E-state index contributed by atoms with van der Waals surface area (Å²) in [5.74, 6) is -1.32. The number of nitrogens with zero attached hydrogens (tertiary/aromatic N) is 4. The SMILES string of the molecule is CC(Cl)N(c1c(F)cccc1-c1nc(C(Cl)(Cl)Cl)nc(C(Cl)(Cl)Cl)n1)C(C)Cl. The molecule has 13 heteroatoms. The number of alkyl halides is 8. The zero-order valence-corrected chi connectivity index (χ0v) is 20.1. The van der Waals surface area contributed by atoms with E-state index in [1.165, 1.54) is 23.1 Å². The van der Waals surface area contributed by atoms with Gasteiger partial charge >= 0.3 is 0 Å². The smallest absolute Gasteiger partial charge is 0.250 e. The standard InChI is InChI=1S/C15H11Cl8FN4/c1-6(16)28(7(2)17)10-8(4-3-5-9(10)24)11-25-12(14(18,19)20)27-13(26-11)15(21,22)23/h3-7H,1-2H3. The summed E-state index contributed by atoms with van der Waals surface area (Å²) in [5.41, 5.74) is -1.13. The summed E-state index contributed by atoms with van der Waals surface area (Å²) in [6.07, 6.45) is 0. The first-order valence-electron chi connectivity index (χ1n) is 7.49. The maximum Gasteiger partial charge on any atom is 0.250 e. The van der Waals surface area contributed by atoms with Crippen LogP contribution in [0.5, 0.6) is 0 Å². The molecule has 1 heterocycles. The van der Waals surface area contributed by atoms with Gasteiger partial charge in [-0.25, -0.2) is 19.3 Å². The molecule has 0 saturated heterocycles. The van der Waals surface area contributed by atoms with Crippen LogP contribution >= 0.6 is 92.8 Å². The fourth-order valence-electron chi connectivity index (χ4n) is 2.35. The topological polar surface area (TPSA) is 41.9 Å².